The molecule has 1 aliphatic heterocycles. The predicted octanol–water partition coefficient (Wildman–Crippen LogP) is 4.28. The van der Waals surface area contributed by atoms with Crippen LogP contribution in [0.3, 0.4) is 0 Å². The fourth-order valence-electron chi connectivity index (χ4n) is 4.11. The molecule has 0 radical (unpaired) electrons. The Morgan fingerprint density at radius 1 is 1.17 bits per heavy atom. The third-order valence-corrected chi connectivity index (χ3v) is 6.88. The molecule has 3 heterocycles. The van der Waals surface area contributed by atoms with Gasteiger partial charge in [-0.05, 0) is 52.6 Å². The zero-order valence-corrected chi connectivity index (χ0v) is 19.7. The van der Waals surface area contributed by atoms with Crippen molar-refractivity contribution in [2.75, 3.05) is 13.1 Å². The van der Waals surface area contributed by atoms with Crippen molar-refractivity contribution in [3.05, 3.63) is 27.2 Å². The molecule has 6 nitrogen and oxygen atoms in total. The minimum atomic E-state index is 0.252. The lowest BCUT2D eigenvalue weighted by atomic mass is 10.2. The van der Waals surface area contributed by atoms with E-state index in [1.54, 1.807) is 0 Å². The molecule has 1 aliphatic rings. The first kappa shape index (κ1) is 22.4. The third kappa shape index (κ3) is 5.86. The van der Waals surface area contributed by atoms with Crippen LogP contribution in [0, 0.1) is 6.92 Å². The van der Waals surface area contributed by atoms with Crippen molar-refractivity contribution in [2.24, 2.45) is 0 Å². The van der Waals surface area contributed by atoms with Crippen molar-refractivity contribution in [3.8, 4) is 0 Å². The zero-order valence-electron chi connectivity index (χ0n) is 18.9. The Bertz CT molecular complexity index is 765. The fourth-order valence-corrected chi connectivity index (χ4v) is 5.12. The maximum absolute atomic E-state index is 4.99. The van der Waals surface area contributed by atoms with Crippen LogP contribution in [0.15, 0.2) is 0 Å². The molecule has 1 atom stereocenters. The first-order valence-corrected chi connectivity index (χ1v) is 12.2. The minimum absolute atomic E-state index is 0.252. The SMILES string of the molecule is CCN(Cc1nc(CCCNC(C)C)c(C)s1)C(C)c1nnc2n1CCCCC2. The quantitative estimate of drug-likeness (QED) is 0.584. The Labute approximate surface area is 180 Å². The summed E-state index contributed by atoms with van der Waals surface area (Å²) < 4.78 is 2.38. The van der Waals surface area contributed by atoms with Gasteiger partial charge >= 0.3 is 0 Å². The van der Waals surface area contributed by atoms with Gasteiger partial charge in [-0.15, -0.1) is 21.5 Å². The van der Waals surface area contributed by atoms with Crippen molar-refractivity contribution < 1.29 is 0 Å². The highest BCUT2D eigenvalue weighted by atomic mass is 32.1. The second kappa shape index (κ2) is 10.6. The van der Waals surface area contributed by atoms with E-state index in [2.05, 4.69) is 59.6 Å². The summed E-state index contributed by atoms with van der Waals surface area (Å²) in [5, 5.41) is 13.8. The molecule has 0 aliphatic carbocycles. The first-order chi connectivity index (χ1) is 14.0. The van der Waals surface area contributed by atoms with Crippen LogP contribution < -0.4 is 5.32 Å². The molecule has 2 aromatic rings. The van der Waals surface area contributed by atoms with E-state index in [0.717, 1.165) is 51.3 Å². The van der Waals surface area contributed by atoms with Gasteiger partial charge in [0.25, 0.3) is 0 Å². The molecule has 0 amide bonds. The summed E-state index contributed by atoms with van der Waals surface area (Å²) in [7, 11) is 0. The van der Waals surface area contributed by atoms with Gasteiger partial charge in [-0.3, -0.25) is 4.90 Å². The molecule has 0 saturated heterocycles. The van der Waals surface area contributed by atoms with E-state index in [4.69, 9.17) is 4.98 Å². The molecule has 0 spiro atoms. The number of nitrogens with zero attached hydrogens (tertiary/aromatic N) is 5. The summed E-state index contributed by atoms with van der Waals surface area (Å²) in [5.74, 6) is 2.29. The van der Waals surface area contributed by atoms with E-state index < -0.39 is 0 Å². The number of fused-ring (bicyclic) bond motifs is 1. The lowest BCUT2D eigenvalue weighted by molar-refractivity contribution is 0.200. The van der Waals surface area contributed by atoms with Gasteiger partial charge in [0.1, 0.15) is 16.7 Å². The van der Waals surface area contributed by atoms with Gasteiger partial charge < -0.3 is 9.88 Å². The lowest BCUT2D eigenvalue weighted by Gasteiger charge is -2.26. The average Bonchev–Trinajstić information content (AvgIpc) is 3.17. The summed E-state index contributed by atoms with van der Waals surface area (Å²) in [6.45, 7) is 15.1. The highest BCUT2D eigenvalue weighted by Gasteiger charge is 2.24. The summed E-state index contributed by atoms with van der Waals surface area (Å²) in [6, 6.07) is 0.802. The molecule has 3 rings (SSSR count). The Balaban J connectivity index is 1.64. The third-order valence-electron chi connectivity index (χ3n) is 5.88. The largest absolute Gasteiger partial charge is 0.315 e. The zero-order chi connectivity index (χ0) is 20.8. The molecule has 0 bridgehead atoms. The van der Waals surface area contributed by atoms with Crippen LogP contribution >= 0.6 is 11.3 Å². The van der Waals surface area contributed by atoms with E-state index in [0.29, 0.717) is 6.04 Å². The number of rotatable bonds is 10. The second-order valence-electron chi connectivity index (χ2n) is 8.50. The molecule has 29 heavy (non-hydrogen) atoms. The minimum Gasteiger partial charge on any atom is -0.315 e. The van der Waals surface area contributed by atoms with Crippen molar-refractivity contribution >= 4 is 11.3 Å². The molecular formula is C22H38N6S. The molecule has 0 fully saturated rings. The fraction of sp³-hybridized carbons (Fsp3) is 0.773. The first-order valence-electron chi connectivity index (χ1n) is 11.3. The number of aromatic nitrogens is 4. The van der Waals surface area contributed by atoms with Gasteiger partial charge in [-0.25, -0.2) is 4.98 Å². The predicted molar refractivity (Wildman–Crippen MR) is 120 cm³/mol. The molecule has 0 aromatic carbocycles. The van der Waals surface area contributed by atoms with Crippen molar-refractivity contribution in [1.82, 2.24) is 30.0 Å². The van der Waals surface area contributed by atoms with Crippen molar-refractivity contribution in [2.45, 2.75) is 98.3 Å². The topological polar surface area (TPSA) is 58.9 Å². The number of hydrogen-bond acceptors (Lipinski definition) is 6. The Morgan fingerprint density at radius 3 is 2.76 bits per heavy atom. The monoisotopic (exact) mass is 418 g/mol. The Morgan fingerprint density at radius 2 is 2.00 bits per heavy atom. The van der Waals surface area contributed by atoms with Crippen molar-refractivity contribution in [1.29, 1.82) is 0 Å². The number of hydrogen-bond donors (Lipinski definition) is 1. The van der Waals surface area contributed by atoms with Crippen LogP contribution in [-0.2, 0) is 25.9 Å². The van der Waals surface area contributed by atoms with Crippen LogP contribution in [-0.4, -0.2) is 43.8 Å². The second-order valence-corrected chi connectivity index (χ2v) is 9.79. The van der Waals surface area contributed by atoms with E-state index in [-0.39, 0.29) is 6.04 Å². The van der Waals surface area contributed by atoms with Crippen LogP contribution in [0.4, 0.5) is 0 Å². The van der Waals surface area contributed by atoms with Crippen LogP contribution in [0.25, 0.3) is 0 Å². The van der Waals surface area contributed by atoms with Gasteiger partial charge in [0.05, 0.1) is 18.3 Å². The van der Waals surface area contributed by atoms with Gasteiger partial charge in [0, 0.05) is 23.9 Å². The highest BCUT2D eigenvalue weighted by molar-refractivity contribution is 7.11. The van der Waals surface area contributed by atoms with Gasteiger partial charge in [-0.1, -0.05) is 27.2 Å². The van der Waals surface area contributed by atoms with Crippen LogP contribution in [0.5, 0.6) is 0 Å². The summed E-state index contributed by atoms with van der Waals surface area (Å²) in [4.78, 5) is 8.83. The Kier molecular flexibility index (Phi) is 8.21. The maximum atomic E-state index is 4.99. The van der Waals surface area contributed by atoms with E-state index >= 15 is 0 Å². The van der Waals surface area contributed by atoms with Gasteiger partial charge in [0.15, 0.2) is 0 Å². The molecule has 1 unspecified atom stereocenters. The van der Waals surface area contributed by atoms with E-state index in [1.165, 1.54) is 40.7 Å². The average molecular weight is 419 g/mol. The summed E-state index contributed by atoms with van der Waals surface area (Å²) in [6.07, 6.45) is 7.02. The summed E-state index contributed by atoms with van der Waals surface area (Å²) in [5.41, 5.74) is 1.27. The van der Waals surface area contributed by atoms with Crippen LogP contribution in [0.2, 0.25) is 0 Å². The standard InChI is InChI=1S/C22H38N6S/c1-6-27(17(4)22-26-25-20-12-8-7-9-14-28(20)22)15-21-24-19(18(5)29-21)11-10-13-23-16(2)3/h16-17,23H,6-15H2,1-5H3. The lowest BCUT2D eigenvalue weighted by Crippen LogP contribution is -2.28. The number of aryl methyl sites for hydroxylation is 3. The number of nitrogens with one attached hydrogen (secondary N) is 1. The summed E-state index contributed by atoms with van der Waals surface area (Å²) >= 11 is 1.85. The molecule has 0 saturated carbocycles. The van der Waals surface area contributed by atoms with Crippen LogP contribution in [0.1, 0.15) is 86.6 Å². The molecular weight excluding hydrogens is 380 g/mol. The molecule has 2 aromatic heterocycles. The maximum Gasteiger partial charge on any atom is 0.150 e. The van der Waals surface area contributed by atoms with E-state index in [9.17, 15) is 0 Å². The molecule has 1 N–H and O–H groups in total. The molecule has 162 valence electrons. The Hall–Kier alpha value is -1.31. The normalized spacial score (nSPS) is 15.7. The van der Waals surface area contributed by atoms with Gasteiger partial charge in [0.2, 0.25) is 0 Å². The van der Waals surface area contributed by atoms with E-state index in [1.807, 2.05) is 11.3 Å². The smallest absolute Gasteiger partial charge is 0.150 e. The van der Waals surface area contributed by atoms with Gasteiger partial charge in [-0.2, -0.15) is 0 Å². The molecule has 7 heteroatoms. The highest BCUT2D eigenvalue weighted by Crippen LogP contribution is 2.26. The van der Waals surface area contributed by atoms with Crippen molar-refractivity contribution in [3.63, 3.8) is 0 Å². The number of thiazole rings is 1.